The van der Waals surface area contributed by atoms with Crippen LogP contribution in [0.2, 0.25) is 0 Å². The number of hydrogen-bond acceptors (Lipinski definition) is 3. The van der Waals surface area contributed by atoms with Gasteiger partial charge in [-0.25, -0.2) is 4.79 Å². The lowest BCUT2D eigenvalue weighted by Gasteiger charge is -2.38. The van der Waals surface area contributed by atoms with Gasteiger partial charge in [-0.2, -0.15) is 0 Å². The molecule has 0 aromatic carbocycles. The van der Waals surface area contributed by atoms with Crippen molar-refractivity contribution in [1.29, 1.82) is 0 Å². The lowest BCUT2D eigenvalue weighted by molar-refractivity contribution is -0.139. The Hall–Kier alpha value is -1.01. The maximum Gasteiger partial charge on any atom is 0.320 e. The van der Waals surface area contributed by atoms with Gasteiger partial charge in [-0.05, 0) is 45.1 Å². The zero-order chi connectivity index (χ0) is 16.9. The van der Waals surface area contributed by atoms with Gasteiger partial charge in [0.25, 0.3) is 0 Å². The van der Waals surface area contributed by atoms with Crippen LogP contribution in [0.15, 0.2) is 0 Å². The Morgan fingerprint density at radius 2 is 1.80 bits per heavy atom. The normalized spacial score (nSPS) is 26.4. The third-order valence-corrected chi connectivity index (χ3v) is 5.64. The van der Waals surface area contributed by atoms with Crippen LogP contribution in [0.1, 0.15) is 45.4 Å². The van der Waals surface area contributed by atoms with Gasteiger partial charge in [-0.15, -0.1) is 12.4 Å². The van der Waals surface area contributed by atoms with E-state index in [4.69, 9.17) is 0 Å². The lowest BCUT2D eigenvalue weighted by atomic mass is 9.95. The predicted molar refractivity (Wildman–Crippen MR) is 101 cm³/mol. The van der Waals surface area contributed by atoms with Crippen molar-refractivity contribution in [3.8, 4) is 0 Å². The van der Waals surface area contributed by atoms with Crippen LogP contribution in [0, 0.1) is 5.92 Å². The van der Waals surface area contributed by atoms with Crippen LogP contribution in [0.5, 0.6) is 0 Å². The molecule has 0 aliphatic carbocycles. The molecule has 0 radical (unpaired) electrons. The summed E-state index contributed by atoms with van der Waals surface area (Å²) in [6, 6.07) is 0.483. The van der Waals surface area contributed by atoms with E-state index in [1.807, 2.05) is 9.80 Å². The molecular weight excluding hydrogens is 340 g/mol. The number of halogens is 1. The fourth-order valence-corrected chi connectivity index (χ4v) is 4.31. The molecule has 0 bridgehead atoms. The summed E-state index contributed by atoms with van der Waals surface area (Å²) in [5.41, 5.74) is 0. The maximum atomic E-state index is 13.1. The molecule has 2 unspecified atom stereocenters. The van der Waals surface area contributed by atoms with E-state index in [0.717, 1.165) is 77.8 Å². The second-order valence-corrected chi connectivity index (χ2v) is 7.44. The van der Waals surface area contributed by atoms with Gasteiger partial charge in [-0.3, -0.25) is 4.79 Å². The van der Waals surface area contributed by atoms with E-state index in [-0.39, 0.29) is 30.3 Å². The van der Waals surface area contributed by atoms with Gasteiger partial charge in [0.1, 0.15) is 0 Å². The summed E-state index contributed by atoms with van der Waals surface area (Å²) in [5, 5.41) is 3.37. The molecule has 7 heteroatoms. The summed E-state index contributed by atoms with van der Waals surface area (Å²) >= 11 is 0. The number of carbonyl (C=O) groups excluding carboxylic acids is 2. The number of urea groups is 1. The fraction of sp³-hybridized carbons (Fsp3) is 0.889. The molecule has 1 N–H and O–H groups in total. The minimum absolute atomic E-state index is 0. The van der Waals surface area contributed by atoms with E-state index in [2.05, 4.69) is 17.1 Å². The van der Waals surface area contributed by atoms with Crippen molar-refractivity contribution in [3.63, 3.8) is 0 Å². The molecule has 3 saturated heterocycles. The van der Waals surface area contributed by atoms with Crippen LogP contribution in [-0.2, 0) is 4.79 Å². The Morgan fingerprint density at radius 3 is 2.44 bits per heavy atom. The molecule has 3 amide bonds. The Bertz CT molecular complexity index is 450. The van der Waals surface area contributed by atoms with Crippen LogP contribution in [0.3, 0.4) is 0 Å². The van der Waals surface area contributed by atoms with Gasteiger partial charge in [0.2, 0.25) is 5.91 Å². The first-order valence-corrected chi connectivity index (χ1v) is 9.75. The average molecular weight is 373 g/mol. The van der Waals surface area contributed by atoms with Gasteiger partial charge in [0, 0.05) is 45.3 Å². The fourth-order valence-electron chi connectivity index (χ4n) is 4.31. The van der Waals surface area contributed by atoms with E-state index in [1.165, 1.54) is 0 Å². The Labute approximate surface area is 157 Å². The van der Waals surface area contributed by atoms with E-state index in [9.17, 15) is 9.59 Å². The second kappa shape index (κ2) is 9.62. The highest BCUT2D eigenvalue weighted by atomic mass is 35.5. The second-order valence-electron chi connectivity index (χ2n) is 7.44. The van der Waals surface area contributed by atoms with Crippen molar-refractivity contribution >= 4 is 24.3 Å². The first-order chi connectivity index (χ1) is 11.7. The molecule has 3 heterocycles. The summed E-state index contributed by atoms with van der Waals surface area (Å²) in [6.07, 6.45) is 6.13. The molecule has 0 aromatic heterocycles. The molecule has 144 valence electrons. The smallest absolute Gasteiger partial charge is 0.320 e. The number of carbonyl (C=O) groups is 2. The molecule has 3 rings (SSSR count). The Balaban J connectivity index is 0.00000225. The minimum Gasteiger partial charge on any atom is -0.338 e. The summed E-state index contributed by atoms with van der Waals surface area (Å²) in [5.74, 6) is 0.252. The average Bonchev–Trinajstić information content (AvgIpc) is 3.32. The van der Waals surface area contributed by atoms with E-state index in [1.54, 1.807) is 0 Å². The highest BCUT2D eigenvalue weighted by Gasteiger charge is 2.35. The Kier molecular flexibility index (Phi) is 7.81. The minimum atomic E-state index is -0.0162. The number of nitrogens with zero attached hydrogens (tertiary/aromatic N) is 3. The van der Waals surface area contributed by atoms with Crippen molar-refractivity contribution < 1.29 is 9.59 Å². The molecule has 2 atom stereocenters. The number of piperidine rings is 1. The molecule has 0 aromatic rings. The predicted octanol–water partition coefficient (Wildman–Crippen LogP) is 1.94. The summed E-state index contributed by atoms with van der Waals surface area (Å²) in [6.45, 7) is 8.05. The van der Waals surface area contributed by atoms with Gasteiger partial charge in [0.15, 0.2) is 0 Å². The lowest BCUT2D eigenvalue weighted by Crippen LogP contribution is -2.52. The summed E-state index contributed by atoms with van der Waals surface area (Å²) in [4.78, 5) is 31.7. The van der Waals surface area contributed by atoms with Gasteiger partial charge in [-0.1, -0.05) is 6.92 Å². The maximum absolute atomic E-state index is 13.1. The van der Waals surface area contributed by atoms with Crippen molar-refractivity contribution in [2.24, 2.45) is 5.92 Å². The molecule has 0 saturated carbocycles. The number of nitrogens with one attached hydrogen (secondary N) is 1. The number of amides is 3. The van der Waals surface area contributed by atoms with Crippen LogP contribution < -0.4 is 5.32 Å². The molecule has 6 nitrogen and oxygen atoms in total. The van der Waals surface area contributed by atoms with Crippen molar-refractivity contribution in [2.75, 3.05) is 45.8 Å². The SMILES string of the molecule is CCCN(C(=O)C1CCCN(C(=O)N2CCCC2)C1)C1CCNC1.Cl. The summed E-state index contributed by atoms with van der Waals surface area (Å²) in [7, 11) is 0. The molecule has 3 aliphatic heterocycles. The van der Waals surface area contributed by atoms with Gasteiger partial charge >= 0.3 is 6.03 Å². The van der Waals surface area contributed by atoms with Crippen LogP contribution in [0.25, 0.3) is 0 Å². The number of likely N-dealkylation sites (tertiary alicyclic amines) is 2. The first-order valence-electron chi connectivity index (χ1n) is 9.75. The van der Waals surface area contributed by atoms with Crippen LogP contribution in [0.4, 0.5) is 4.79 Å². The number of hydrogen-bond donors (Lipinski definition) is 1. The Morgan fingerprint density at radius 1 is 1.08 bits per heavy atom. The zero-order valence-corrected chi connectivity index (χ0v) is 16.2. The topological polar surface area (TPSA) is 55.9 Å². The van der Waals surface area contributed by atoms with E-state index < -0.39 is 0 Å². The van der Waals surface area contributed by atoms with E-state index >= 15 is 0 Å². The largest absolute Gasteiger partial charge is 0.338 e. The standard InChI is InChI=1S/C18H32N4O2.ClH/c1-2-9-22(16-7-8-19-13-16)17(23)15-6-5-12-21(14-15)18(24)20-10-3-4-11-20;/h15-16,19H,2-14H2,1H3;1H. The highest BCUT2D eigenvalue weighted by Crippen LogP contribution is 2.23. The van der Waals surface area contributed by atoms with Crippen molar-refractivity contribution in [1.82, 2.24) is 20.0 Å². The highest BCUT2D eigenvalue weighted by molar-refractivity contribution is 5.85. The third-order valence-electron chi connectivity index (χ3n) is 5.64. The van der Waals surface area contributed by atoms with Crippen LogP contribution >= 0.6 is 12.4 Å². The molecular formula is C18H33ClN4O2. The molecule has 0 spiro atoms. The van der Waals surface area contributed by atoms with Crippen molar-refractivity contribution in [2.45, 2.75) is 51.5 Å². The van der Waals surface area contributed by atoms with E-state index in [0.29, 0.717) is 12.6 Å². The van der Waals surface area contributed by atoms with Crippen molar-refractivity contribution in [3.05, 3.63) is 0 Å². The molecule has 3 fully saturated rings. The summed E-state index contributed by atoms with van der Waals surface area (Å²) < 4.78 is 0. The third kappa shape index (κ3) is 4.79. The van der Waals surface area contributed by atoms with Gasteiger partial charge in [0.05, 0.1) is 5.92 Å². The first kappa shape index (κ1) is 20.3. The molecule has 25 heavy (non-hydrogen) atoms. The number of rotatable bonds is 4. The zero-order valence-electron chi connectivity index (χ0n) is 15.4. The van der Waals surface area contributed by atoms with Gasteiger partial charge < -0.3 is 20.0 Å². The molecule has 3 aliphatic rings. The van der Waals surface area contributed by atoms with Crippen LogP contribution in [-0.4, -0.2) is 78.5 Å². The monoisotopic (exact) mass is 372 g/mol. The quantitative estimate of drug-likeness (QED) is 0.820.